The van der Waals surface area contributed by atoms with Crippen LogP contribution >= 0.6 is 33.9 Å². The van der Waals surface area contributed by atoms with Crippen LogP contribution in [-0.2, 0) is 0 Å². The molecule has 0 spiro atoms. The number of halogens is 1. The molecule has 2 rings (SSSR count). The van der Waals surface area contributed by atoms with Gasteiger partial charge in [0, 0.05) is 0 Å². The molecule has 1 atom stereocenters. The molecule has 1 N–H and O–H groups in total. The molecule has 1 unspecified atom stereocenters. The van der Waals surface area contributed by atoms with Gasteiger partial charge in [0.2, 0.25) is 0 Å². The van der Waals surface area contributed by atoms with Crippen LogP contribution in [0.1, 0.15) is 50.2 Å². The van der Waals surface area contributed by atoms with Crippen LogP contribution in [-0.4, -0.2) is 5.11 Å². The minimum atomic E-state index is -0.220. The lowest BCUT2D eigenvalue weighted by atomic mass is 9.91. The largest absolute Gasteiger partial charge is 0.388 e. The lowest BCUT2D eigenvalue weighted by Gasteiger charge is -2.20. The first-order valence-corrected chi connectivity index (χ1v) is 7.65. The topological polar surface area (TPSA) is 20.2 Å². The second-order valence-electron chi connectivity index (χ2n) is 4.38. The molecule has 1 heterocycles. The van der Waals surface area contributed by atoms with E-state index in [0.717, 1.165) is 5.56 Å². The van der Waals surface area contributed by atoms with Crippen molar-refractivity contribution in [1.29, 1.82) is 0 Å². The van der Waals surface area contributed by atoms with Gasteiger partial charge in [-0.05, 0) is 58.4 Å². The van der Waals surface area contributed by atoms with E-state index < -0.39 is 0 Å². The van der Waals surface area contributed by atoms with Gasteiger partial charge in [-0.25, -0.2) is 0 Å². The highest BCUT2D eigenvalue weighted by molar-refractivity contribution is 14.1. The molecule has 0 aromatic carbocycles. The molecule has 0 amide bonds. The molecule has 84 valence electrons. The van der Waals surface area contributed by atoms with Gasteiger partial charge in [-0.2, -0.15) is 0 Å². The van der Waals surface area contributed by atoms with E-state index in [2.05, 4.69) is 34.0 Å². The van der Waals surface area contributed by atoms with Crippen LogP contribution in [0.5, 0.6) is 0 Å². The molecule has 0 saturated heterocycles. The molecule has 0 bridgehead atoms. The summed E-state index contributed by atoms with van der Waals surface area (Å²) in [7, 11) is 0. The lowest BCUT2D eigenvalue weighted by molar-refractivity contribution is 0.0992. The van der Waals surface area contributed by atoms with Crippen molar-refractivity contribution in [1.82, 2.24) is 0 Å². The third-order valence-electron chi connectivity index (χ3n) is 3.28. The standard InChI is InChI=1S/C12H17IOS/c13-11-7-10(8-15-11)12(14)9-5-3-1-2-4-6-9/h7-9,12,14H,1-6H2. The quantitative estimate of drug-likeness (QED) is 0.629. The fraction of sp³-hybridized carbons (Fsp3) is 0.667. The highest BCUT2D eigenvalue weighted by atomic mass is 127. The summed E-state index contributed by atoms with van der Waals surface area (Å²) in [6.07, 6.45) is 7.48. The lowest BCUT2D eigenvalue weighted by Crippen LogP contribution is -2.11. The first-order valence-electron chi connectivity index (χ1n) is 5.69. The molecule has 1 aliphatic carbocycles. The van der Waals surface area contributed by atoms with Crippen molar-refractivity contribution in [2.75, 3.05) is 0 Å². The maximum absolute atomic E-state index is 10.3. The van der Waals surface area contributed by atoms with Gasteiger partial charge in [-0.1, -0.05) is 25.7 Å². The Hall–Kier alpha value is 0.390. The predicted molar refractivity (Wildman–Crippen MR) is 73.2 cm³/mol. The highest BCUT2D eigenvalue weighted by Gasteiger charge is 2.22. The normalized spacial score (nSPS) is 21.2. The third-order valence-corrected chi connectivity index (χ3v) is 5.08. The second kappa shape index (κ2) is 5.64. The van der Waals surface area contributed by atoms with E-state index in [1.54, 1.807) is 11.3 Å². The number of thiophene rings is 1. The maximum Gasteiger partial charge on any atom is 0.0826 e. The van der Waals surface area contributed by atoms with Gasteiger partial charge in [-0.15, -0.1) is 11.3 Å². The summed E-state index contributed by atoms with van der Waals surface area (Å²) in [6, 6.07) is 2.13. The van der Waals surface area contributed by atoms with Crippen molar-refractivity contribution in [3.63, 3.8) is 0 Å². The summed E-state index contributed by atoms with van der Waals surface area (Å²) in [5.41, 5.74) is 1.14. The van der Waals surface area contributed by atoms with Crippen molar-refractivity contribution >= 4 is 33.9 Å². The Bertz CT molecular complexity index is 302. The average Bonchev–Trinajstić information content (AvgIpc) is 2.53. The van der Waals surface area contributed by atoms with E-state index in [9.17, 15) is 5.11 Å². The maximum atomic E-state index is 10.3. The molecule has 1 fully saturated rings. The zero-order valence-corrected chi connectivity index (χ0v) is 11.8. The van der Waals surface area contributed by atoms with Crippen molar-refractivity contribution < 1.29 is 5.11 Å². The van der Waals surface area contributed by atoms with Gasteiger partial charge >= 0.3 is 0 Å². The predicted octanol–water partition coefficient (Wildman–Crippen LogP) is 4.36. The van der Waals surface area contributed by atoms with E-state index in [4.69, 9.17) is 0 Å². The molecule has 1 aromatic heterocycles. The van der Waals surface area contributed by atoms with Crippen molar-refractivity contribution in [3.05, 3.63) is 19.9 Å². The number of aliphatic hydroxyl groups excluding tert-OH is 1. The first kappa shape index (κ1) is 11.9. The van der Waals surface area contributed by atoms with Gasteiger partial charge in [0.15, 0.2) is 0 Å². The zero-order chi connectivity index (χ0) is 10.7. The molecule has 1 saturated carbocycles. The van der Waals surface area contributed by atoms with E-state index in [1.807, 2.05) is 0 Å². The Morgan fingerprint density at radius 1 is 1.27 bits per heavy atom. The Balaban J connectivity index is 2.02. The van der Waals surface area contributed by atoms with Crippen molar-refractivity contribution in [3.8, 4) is 0 Å². The molecular formula is C12H17IOS. The average molecular weight is 336 g/mol. The number of hydrogen-bond acceptors (Lipinski definition) is 2. The zero-order valence-electron chi connectivity index (χ0n) is 8.79. The molecule has 3 heteroatoms. The number of aliphatic hydroxyl groups is 1. The van der Waals surface area contributed by atoms with Gasteiger partial charge in [0.25, 0.3) is 0 Å². The van der Waals surface area contributed by atoms with Crippen LogP contribution in [0, 0.1) is 8.80 Å². The summed E-state index contributed by atoms with van der Waals surface area (Å²) in [5, 5.41) is 12.4. The van der Waals surface area contributed by atoms with Crippen LogP contribution in [0.15, 0.2) is 11.4 Å². The Morgan fingerprint density at radius 3 is 2.47 bits per heavy atom. The number of hydrogen-bond donors (Lipinski definition) is 1. The summed E-state index contributed by atoms with van der Waals surface area (Å²) >= 11 is 4.05. The Labute approximate surface area is 109 Å². The molecule has 1 aromatic rings. The van der Waals surface area contributed by atoms with E-state index in [-0.39, 0.29) is 6.10 Å². The minimum absolute atomic E-state index is 0.220. The van der Waals surface area contributed by atoms with Crippen LogP contribution < -0.4 is 0 Å². The van der Waals surface area contributed by atoms with Gasteiger partial charge < -0.3 is 5.11 Å². The minimum Gasteiger partial charge on any atom is -0.388 e. The van der Waals surface area contributed by atoms with Crippen LogP contribution in [0.3, 0.4) is 0 Å². The molecule has 0 aliphatic heterocycles. The number of rotatable bonds is 2. The summed E-state index contributed by atoms with van der Waals surface area (Å²) in [5.74, 6) is 0.498. The summed E-state index contributed by atoms with van der Waals surface area (Å²) in [6.45, 7) is 0. The fourth-order valence-corrected chi connectivity index (χ4v) is 3.78. The molecule has 1 nitrogen and oxygen atoms in total. The highest BCUT2D eigenvalue weighted by Crippen LogP contribution is 2.35. The SMILES string of the molecule is OC(c1csc(I)c1)C1CCCCCC1. The Morgan fingerprint density at radius 2 is 1.93 bits per heavy atom. The smallest absolute Gasteiger partial charge is 0.0826 e. The molecule has 0 radical (unpaired) electrons. The van der Waals surface area contributed by atoms with E-state index in [0.29, 0.717) is 5.92 Å². The second-order valence-corrected chi connectivity index (χ2v) is 7.19. The van der Waals surface area contributed by atoms with Crippen LogP contribution in [0.2, 0.25) is 0 Å². The summed E-state index contributed by atoms with van der Waals surface area (Å²) < 4.78 is 1.27. The van der Waals surface area contributed by atoms with E-state index >= 15 is 0 Å². The van der Waals surface area contributed by atoms with Gasteiger partial charge in [-0.3, -0.25) is 0 Å². The van der Waals surface area contributed by atoms with Gasteiger partial charge in [0.1, 0.15) is 0 Å². The Kier molecular flexibility index (Phi) is 4.46. The van der Waals surface area contributed by atoms with Crippen LogP contribution in [0.4, 0.5) is 0 Å². The van der Waals surface area contributed by atoms with Crippen molar-refractivity contribution in [2.24, 2.45) is 5.92 Å². The fourth-order valence-electron chi connectivity index (χ4n) is 2.38. The molecule has 1 aliphatic rings. The summed E-state index contributed by atoms with van der Waals surface area (Å²) in [4.78, 5) is 0. The van der Waals surface area contributed by atoms with E-state index in [1.165, 1.54) is 41.4 Å². The first-order chi connectivity index (χ1) is 7.27. The van der Waals surface area contributed by atoms with Crippen molar-refractivity contribution in [2.45, 2.75) is 44.6 Å². The molecule has 15 heavy (non-hydrogen) atoms. The monoisotopic (exact) mass is 336 g/mol. The van der Waals surface area contributed by atoms with Gasteiger partial charge in [0.05, 0.1) is 8.99 Å². The van der Waals surface area contributed by atoms with Crippen LogP contribution in [0.25, 0.3) is 0 Å². The molecular weight excluding hydrogens is 319 g/mol. The third kappa shape index (κ3) is 3.17.